The fourth-order valence-corrected chi connectivity index (χ4v) is 4.57. The van der Waals surface area contributed by atoms with Crippen LogP contribution in [-0.2, 0) is 33.1 Å². The van der Waals surface area contributed by atoms with E-state index in [-0.39, 0.29) is 13.2 Å². The predicted molar refractivity (Wildman–Crippen MR) is 79.0 cm³/mol. The lowest BCUT2D eigenvalue weighted by molar-refractivity contribution is -0.129. The van der Waals surface area contributed by atoms with E-state index < -0.39 is 36.7 Å². The van der Waals surface area contributed by atoms with Crippen LogP contribution in [0.25, 0.3) is 0 Å². The molecule has 1 atom stereocenters. The van der Waals surface area contributed by atoms with E-state index in [2.05, 4.69) is 0 Å². The highest BCUT2D eigenvalue weighted by molar-refractivity contribution is 7.87. The van der Waals surface area contributed by atoms with Crippen LogP contribution in [-0.4, -0.2) is 56.0 Å². The minimum Gasteiger partial charge on any atom is -0.287 e. The van der Waals surface area contributed by atoms with E-state index in [0.717, 1.165) is 4.31 Å². The number of phosphoric acid groups is 1. The minimum absolute atomic E-state index is 0.0658. The first kappa shape index (κ1) is 19.5. The molecule has 22 heavy (non-hydrogen) atoms. The molecule has 130 valence electrons. The molecular formula is C11H23N2O7PS. The summed E-state index contributed by atoms with van der Waals surface area (Å²) in [5, 5.41) is 0. The molecule has 0 aliphatic carbocycles. The number of nitrogens with zero attached hydrogens (tertiary/aromatic N) is 2. The molecule has 0 spiro atoms. The summed E-state index contributed by atoms with van der Waals surface area (Å²) in [6.07, 6.45) is 1.06. The molecule has 1 amide bonds. The van der Waals surface area contributed by atoms with Gasteiger partial charge in [0.25, 0.3) is 5.91 Å². The Bertz CT molecular complexity index is 529. The van der Waals surface area contributed by atoms with E-state index in [1.54, 1.807) is 13.8 Å². The lowest BCUT2D eigenvalue weighted by Gasteiger charge is -2.20. The van der Waals surface area contributed by atoms with Crippen molar-refractivity contribution < 1.29 is 31.3 Å². The Kier molecular flexibility index (Phi) is 6.97. The predicted octanol–water partition coefficient (Wildman–Crippen LogP) is 1.33. The van der Waals surface area contributed by atoms with E-state index in [0.29, 0.717) is 17.1 Å². The van der Waals surface area contributed by atoms with Crippen molar-refractivity contribution in [1.82, 2.24) is 8.61 Å². The highest BCUT2D eigenvalue weighted by Gasteiger charge is 2.48. The zero-order valence-corrected chi connectivity index (χ0v) is 14.9. The molecule has 0 N–H and O–H groups in total. The molecule has 1 aliphatic heterocycles. The number of hydrogen-bond acceptors (Lipinski definition) is 7. The molecule has 0 aromatic heterocycles. The molecule has 0 saturated carbocycles. The van der Waals surface area contributed by atoms with Crippen molar-refractivity contribution in [3.05, 3.63) is 0 Å². The van der Waals surface area contributed by atoms with Crippen LogP contribution < -0.4 is 0 Å². The van der Waals surface area contributed by atoms with Gasteiger partial charge < -0.3 is 0 Å². The lowest BCUT2D eigenvalue weighted by atomic mass is 10.1. The molecule has 0 bridgehead atoms. The number of carbonyl (C=O) groups excluding carboxylic acids is 1. The van der Waals surface area contributed by atoms with Gasteiger partial charge in [0.1, 0.15) is 12.8 Å². The number of phosphoric ester groups is 1. The first-order valence-electron chi connectivity index (χ1n) is 7.06. The van der Waals surface area contributed by atoms with Crippen LogP contribution in [0.5, 0.6) is 0 Å². The summed E-state index contributed by atoms with van der Waals surface area (Å²) in [6.45, 7) is 4.47. The Hall–Kier alpha value is -0.510. The standard InChI is InChI=1S/C11H23N2O7PS/c1-5-8-10-11(14)13(22(16,17)12(10)4)9-20-21(15,18-6-2)19-7-3/h10H,5-9H2,1-4H3. The van der Waals surface area contributed by atoms with Gasteiger partial charge >= 0.3 is 18.0 Å². The van der Waals surface area contributed by atoms with Crippen LogP contribution in [0.2, 0.25) is 0 Å². The molecule has 1 unspecified atom stereocenters. The summed E-state index contributed by atoms with van der Waals surface area (Å²) >= 11 is 0. The van der Waals surface area contributed by atoms with Gasteiger partial charge in [-0.15, -0.1) is 0 Å². The van der Waals surface area contributed by atoms with Gasteiger partial charge in [-0.05, 0) is 20.3 Å². The third-order valence-corrected chi connectivity index (χ3v) is 6.49. The number of carbonyl (C=O) groups is 1. The van der Waals surface area contributed by atoms with E-state index in [1.807, 2.05) is 6.92 Å². The van der Waals surface area contributed by atoms with Crippen molar-refractivity contribution in [3.8, 4) is 0 Å². The third kappa shape index (κ3) is 4.06. The maximum absolute atomic E-state index is 12.2. The highest BCUT2D eigenvalue weighted by atomic mass is 32.2. The van der Waals surface area contributed by atoms with E-state index >= 15 is 0 Å². The largest absolute Gasteiger partial charge is 0.476 e. The molecule has 0 radical (unpaired) electrons. The Morgan fingerprint density at radius 3 is 2.14 bits per heavy atom. The molecular weight excluding hydrogens is 335 g/mol. The van der Waals surface area contributed by atoms with Crippen LogP contribution in [0, 0.1) is 0 Å². The summed E-state index contributed by atoms with van der Waals surface area (Å²) in [7, 11) is -6.53. The van der Waals surface area contributed by atoms with Crippen LogP contribution in [0.4, 0.5) is 0 Å². The maximum Gasteiger partial charge on any atom is 0.476 e. The second-order valence-corrected chi connectivity index (χ2v) is 8.14. The van der Waals surface area contributed by atoms with Crippen LogP contribution in [0.1, 0.15) is 33.6 Å². The zero-order chi connectivity index (χ0) is 17.0. The third-order valence-electron chi connectivity index (χ3n) is 3.08. The summed E-state index contributed by atoms with van der Waals surface area (Å²) in [6, 6.07) is -0.767. The molecule has 9 nitrogen and oxygen atoms in total. The fourth-order valence-electron chi connectivity index (χ4n) is 2.01. The van der Waals surface area contributed by atoms with Crippen LogP contribution in [0.15, 0.2) is 0 Å². The van der Waals surface area contributed by atoms with E-state index in [9.17, 15) is 17.8 Å². The normalized spacial score (nSPS) is 22.5. The van der Waals surface area contributed by atoms with Crippen molar-refractivity contribution in [2.75, 3.05) is 27.0 Å². The number of amides is 1. The van der Waals surface area contributed by atoms with Crippen molar-refractivity contribution in [2.24, 2.45) is 0 Å². The van der Waals surface area contributed by atoms with Gasteiger partial charge in [-0.3, -0.25) is 18.4 Å². The average Bonchev–Trinajstić information content (AvgIpc) is 2.58. The second-order valence-electron chi connectivity index (χ2n) is 4.56. The van der Waals surface area contributed by atoms with Gasteiger partial charge in [0.15, 0.2) is 0 Å². The molecule has 1 heterocycles. The van der Waals surface area contributed by atoms with Crippen LogP contribution in [0.3, 0.4) is 0 Å². The minimum atomic E-state index is -3.98. The van der Waals surface area contributed by atoms with Gasteiger partial charge in [0, 0.05) is 7.05 Å². The summed E-state index contributed by atoms with van der Waals surface area (Å²) < 4.78 is 52.9. The molecule has 0 aromatic carbocycles. The maximum atomic E-state index is 12.2. The smallest absolute Gasteiger partial charge is 0.287 e. The van der Waals surface area contributed by atoms with Gasteiger partial charge in [-0.25, -0.2) is 4.57 Å². The monoisotopic (exact) mass is 358 g/mol. The zero-order valence-electron chi connectivity index (χ0n) is 13.2. The average molecular weight is 358 g/mol. The highest BCUT2D eigenvalue weighted by Crippen LogP contribution is 2.49. The van der Waals surface area contributed by atoms with Gasteiger partial charge in [0.2, 0.25) is 0 Å². The molecule has 1 saturated heterocycles. The first-order chi connectivity index (χ1) is 10.2. The number of likely N-dealkylation sites (N-methyl/N-ethyl adjacent to an activating group) is 1. The molecule has 1 rings (SSSR count). The summed E-state index contributed by atoms with van der Waals surface area (Å²) in [5.41, 5.74) is 0. The van der Waals surface area contributed by atoms with Gasteiger partial charge in [-0.1, -0.05) is 13.3 Å². The van der Waals surface area contributed by atoms with Crippen molar-refractivity contribution in [3.63, 3.8) is 0 Å². The van der Waals surface area contributed by atoms with E-state index in [1.165, 1.54) is 7.05 Å². The summed E-state index contributed by atoms with van der Waals surface area (Å²) in [5.74, 6) is -0.608. The Labute approximate surface area is 131 Å². The SMILES string of the molecule is CCCC1C(=O)N(COP(=O)(OCC)OCC)S(=O)(=O)N1C. The topological polar surface area (TPSA) is 102 Å². The molecule has 1 fully saturated rings. The molecule has 1 aliphatic rings. The quantitative estimate of drug-likeness (QED) is 0.573. The Morgan fingerprint density at radius 2 is 1.68 bits per heavy atom. The molecule has 11 heteroatoms. The van der Waals surface area contributed by atoms with E-state index in [4.69, 9.17) is 13.6 Å². The van der Waals surface area contributed by atoms with Crippen LogP contribution >= 0.6 is 7.82 Å². The lowest BCUT2D eigenvalue weighted by Crippen LogP contribution is -2.34. The van der Waals surface area contributed by atoms with Crippen molar-refractivity contribution in [1.29, 1.82) is 0 Å². The van der Waals surface area contributed by atoms with Crippen molar-refractivity contribution >= 4 is 23.9 Å². The fraction of sp³-hybridized carbons (Fsp3) is 0.909. The van der Waals surface area contributed by atoms with Gasteiger partial charge in [-0.2, -0.15) is 17.0 Å². The number of rotatable bonds is 9. The molecule has 0 aromatic rings. The first-order valence-corrected chi connectivity index (χ1v) is 9.92. The Morgan fingerprint density at radius 1 is 1.14 bits per heavy atom. The number of hydrogen-bond donors (Lipinski definition) is 0. The van der Waals surface area contributed by atoms with Crippen molar-refractivity contribution in [2.45, 2.75) is 39.7 Å². The van der Waals surface area contributed by atoms with Gasteiger partial charge in [0.05, 0.1) is 13.2 Å². The summed E-state index contributed by atoms with van der Waals surface area (Å²) in [4.78, 5) is 12.2. The Balaban J connectivity index is 2.88. The second kappa shape index (κ2) is 7.85.